The fourth-order valence-corrected chi connectivity index (χ4v) is 6.58. The highest BCUT2D eigenvalue weighted by Crippen LogP contribution is 2.34. The van der Waals surface area contributed by atoms with Crippen LogP contribution in [0.15, 0.2) is 54.6 Å². The van der Waals surface area contributed by atoms with Gasteiger partial charge >= 0.3 is 0 Å². The van der Waals surface area contributed by atoms with Gasteiger partial charge in [0, 0.05) is 0 Å². The van der Waals surface area contributed by atoms with E-state index in [0.717, 1.165) is 0 Å². The first-order chi connectivity index (χ1) is 11.8. The van der Waals surface area contributed by atoms with Crippen LogP contribution in [0, 0.1) is 41.5 Å². The lowest BCUT2D eigenvalue weighted by molar-refractivity contribution is 1.39. The summed E-state index contributed by atoms with van der Waals surface area (Å²) in [5.41, 5.74) is 8.06. The maximum Gasteiger partial charge on any atom is -0.0134 e. The molecule has 0 bridgehead atoms. The second kappa shape index (κ2) is 8.47. The number of rotatable bonds is 3. The van der Waals surface area contributed by atoms with Gasteiger partial charge in [-0.3, -0.25) is 0 Å². The second-order valence-electron chi connectivity index (χ2n) is 7.37. The van der Waals surface area contributed by atoms with Crippen molar-refractivity contribution < 1.29 is 0 Å². The zero-order chi connectivity index (χ0) is 18.1. The molecule has 0 aliphatic rings. The predicted octanol–water partition coefficient (Wildman–Crippen LogP) is 5.35. The Morgan fingerprint density at radius 3 is 0.769 bits per heavy atom. The Morgan fingerprint density at radius 1 is 0.385 bits per heavy atom. The topological polar surface area (TPSA) is 0 Å². The maximum atomic E-state index is 2.37. The van der Waals surface area contributed by atoms with Crippen molar-refractivity contribution in [2.45, 2.75) is 41.5 Å². The van der Waals surface area contributed by atoms with E-state index in [-0.39, 0.29) is 9.90 Å². The maximum absolute atomic E-state index is 2.37. The monoisotopic (exact) mass is 380 g/mol. The van der Waals surface area contributed by atoms with E-state index in [9.17, 15) is 0 Å². The van der Waals surface area contributed by atoms with E-state index in [1.807, 2.05) is 0 Å². The Bertz CT molecular complexity index is 742. The molecule has 3 aromatic carbocycles. The quantitative estimate of drug-likeness (QED) is 0.537. The van der Waals surface area contributed by atoms with Crippen molar-refractivity contribution in [1.82, 2.24) is 0 Å². The molecule has 0 amide bonds. The van der Waals surface area contributed by atoms with Crippen molar-refractivity contribution in [3.05, 3.63) is 88.0 Å². The van der Waals surface area contributed by atoms with Gasteiger partial charge in [0.25, 0.3) is 0 Å². The molecule has 3 aromatic rings. The Kier molecular flexibility index (Phi) is 6.79. The van der Waals surface area contributed by atoms with E-state index in [0.29, 0.717) is 0 Å². The summed E-state index contributed by atoms with van der Waals surface area (Å²) in [6, 6.07) is 21.0. The third-order valence-corrected chi connectivity index (χ3v) is 6.72. The fourth-order valence-electron chi connectivity index (χ4n) is 3.69. The van der Waals surface area contributed by atoms with Gasteiger partial charge in [-0.15, -0.1) is 0 Å². The van der Waals surface area contributed by atoms with Gasteiger partial charge in [0.1, 0.15) is 0 Å². The summed E-state index contributed by atoms with van der Waals surface area (Å²) in [7, 11) is -0.543. The second-order valence-corrected chi connectivity index (χ2v) is 9.59. The van der Waals surface area contributed by atoms with Gasteiger partial charge in [0.2, 0.25) is 0 Å². The Hall–Kier alpha value is -1.48. The molecular weight excluding hydrogens is 350 g/mol. The minimum absolute atomic E-state index is 0. The summed E-state index contributed by atoms with van der Waals surface area (Å²) in [5.74, 6) is 0. The fraction of sp³-hybridized carbons (Fsp3) is 0.250. The SMILES string of the molecule is Cc1cc(C)cc(P(c2cc(C)cc(C)c2)c2cc(C)cc(C)c2)c1.P. The van der Waals surface area contributed by atoms with Gasteiger partial charge in [-0.05, 0) is 65.4 Å². The van der Waals surface area contributed by atoms with Crippen LogP contribution in [0.25, 0.3) is 0 Å². The molecule has 0 aliphatic carbocycles. The minimum atomic E-state index is -0.543. The molecule has 3 rings (SSSR count). The largest absolute Gasteiger partial charge is 0.153 e. The lowest BCUT2D eigenvalue weighted by Crippen LogP contribution is -2.22. The molecule has 0 fully saturated rings. The van der Waals surface area contributed by atoms with Gasteiger partial charge < -0.3 is 0 Å². The molecule has 26 heavy (non-hydrogen) atoms. The molecule has 0 saturated heterocycles. The molecule has 0 aliphatic heterocycles. The lowest BCUT2D eigenvalue weighted by atomic mass is 10.1. The van der Waals surface area contributed by atoms with Crippen molar-refractivity contribution in [2.24, 2.45) is 0 Å². The van der Waals surface area contributed by atoms with Crippen LogP contribution in [-0.2, 0) is 0 Å². The summed E-state index contributed by atoms with van der Waals surface area (Å²) >= 11 is 0. The van der Waals surface area contributed by atoms with E-state index in [1.165, 1.54) is 49.3 Å². The standard InChI is InChI=1S/C24H27P.H3P/c1-16-7-17(2)11-22(10-16)25(23-12-18(3)8-19(4)13-23)24-14-20(5)9-21(6)15-24;/h7-15H,1-6H3;1H3. The molecule has 0 nitrogen and oxygen atoms in total. The van der Waals surface area contributed by atoms with Gasteiger partial charge in [-0.1, -0.05) is 88.0 Å². The highest BCUT2D eigenvalue weighted by Gasteiger charge is 2.18. The lowest BCUT2D eigenvalue weighted by Gasteiger charge is -2.22. The van der Waals surface area contributed by atoms with E-state index in [1.54, 1.807) is 0 Å². The van der Waals surface area contributed by atoms with Crippen molar-refractivity contribution in [3.8, 4) is 0 Å². The molecule has 136 valence electrons. The van der Waals surface area contributed by atoms with Crippen LogP contribution in [0.5, 0.6) is 0 Å². The first kappa shape index (κ1) is 20.8. The van der Waals surface area contributed by atoms with Crippen molar-refractivity contribution in [1.29, 1.82) is 0 Å². The zero-order valence-corrected chi connectivity index (χ0v) is 19.2. The van der Waals surface area contributed by atoms with Crippen LogP contribution in [0.1, 0.15) is 33.4 Å². The van der Waals surface area contributed by atoms with Gasteiger partial charge in [-0.25, -0.2) is 0 Å². The summed E-state index contributed by atoms with van der Waals surface area (Å²) in [6.07, 6.45) is 0. The number of benzene rings is 3. The highest BCUT2D eigenvalue weighted by atomic mass is 31.1. The van der Waals surface area contributed by atoms with E-state index in [4.69, 9.17) is 0 Å². The van der Waals surface area contributed by atoms with E-state index < -0.39 is 7.92 Å². The molecule has 0 N–H and O–H groups in total. The van der Waals surface area contributed by atoms with Crippen LogP contribution >= 0.6 is 17.8 Å². The first-order valence-electron chi connectivity index (χ1n) is 8.87. The molecule has 0 saturated carbocycles. The van der Waals surface area contributed by atoms with Gasteiger partial charge in [0.05, 0.1) is 0 Å². The minimum Gasteiger partial charge on any atom is -0.153 e. The Labute approximate surface area is 163 Å². The first-order valence-corrected chi connectivity index (χ1v) is 10.2. The summed E-state index contributed by atoms with van der Waals surface area (Å²) in [5, 5.41) is 4.34. The Morgan fingerprint density at radius 2 is 0.577 bits per heavy atom. The smallest absolute Gasteiger partial charge is 0.0134 e. The molecule has 0 spiro atoms. The van der Waals surface area contributed by atoms with Crippen LogP contribution in [0.3, 0.4) is 0 Å². The number of hydrogen-bond donors (Lipinski definition) is 0. The summed E-state index contributed by atoms with van der Waals surface area (Å²) in [6.45, 7) is 13.2. The van der Waals surface area contributed by atoms with Gasteiger partial charge in [0.15, 0.2) is 0 Å². The molecule has 1 atom stereocenters. The van der Waals surface area contributed by atoms with Crippen LogP contribution in [0.2, 0.25) is 0 Å². The normalized spacial score (nSPS) is 10.7. The zero-order valence-electron chi connectivity index (χ0n) is 16.9. The molecular formula is C24H30P2. The van der Waals surface area contributed by atoms with Gasteiger partial charge in [-0.2, -0.15) is 9.90 Å². The number of hydrogen-bond acceptors (Lipinski definition) is 0. The van der Waals surface area contributed by atoms with E-state index >= 15 is 0 Å². The average molecular weight is 380 g/mol. The molecule has 1 unspecified atom stereocenters. The Balaban J connectivity index is 0.00000243. The number of aryl methyl sites for hydroxylation is 6. The summed E-state index contributed by atoms with van der Waals surface area (Å²) in [4.78, 5) is 0. The summed E-state index contributed by atoms with van der Waals surface area (Å²) < 4.78 is 0. The average Bonchev–Trinajstić information content (AvgIpc) is 2.44. The molecule has 0 radical (unpaired) electrons. The van der Waals surface area contributed by atoms with Crippen molar-refractivity contribution in [2.75, 3.05) is 0 Å². The van der Waals surface area contributed by atoms with Crippen LogP contribution < -0.4 is 15.9 Å². The van der Waals surface area contributed by atoms with Crippen LogP contribution in [0.4, 0.5) is 0 Å². The predicted molar refractivity (Wildman–Crippen MR) is 125 cm³/mol. The third-order valence-electron chi connectivity index (χ3n) is 4.39. The molecule has 0 heterocycles. The van der Waals surface area contributed by atoms with Crippen molar-refractivity contribution in [3.63, 3.8) is 0 Å². The molecule has 0 aromatic heterocycles. The van der Waals surface area contributed by atoms with Crippen LogP contribution in [-0.4, -0.2) is 0 Å². The highest BCUT2D eigenvalue weighted by molar-refractivity contribution is 7.79. The third kappa shape index (κ3) is 4.82. The molecule has 2 heteroatoms. The van der Waals surface area contributed by atoms with E-state index in [2.05, 4.69) is 96.1 Å². The van der Waals surface area contributed by atoms with Crippen molar-refractivity contribution >= 4 is 33.7 Å².